The number of halogens is 1. The van der Waals surface area contributed by atoms with E-state index in [1.165, 1.54) is 0 Å². The molecule has 0 aliphatic rings. The number of nitrogens with one attached hydrogen (secondary N) is 1. The van der Waals surface area contributed by atoms with Crippen LogP contribution in [0.25, 0.3) is 11.3 Å². The number of alkyl carbamates (subject to hydrolysis) is 1. The van der Waals surface area contributed by atoms with Gasteiger partial charge in [0.1, 0.15) is 18.2 Å². The molecular weight excluding hydrogens is 486 g/mol. The van der Waals surface area contributed by atoms with Gasteiger partial charge >= 0.3 is 6.09 Å². The smallest absolute Gasteiger partial charge is 0.408 e. The normalized spacial score (nSPS) is 13.0. The predicted molar refractivity (Wildman–Crippen MR) is 136 cm³/mol. The molecule has 0 saturated carbocycles. The van der Waals surface area contributed by atoms with E-state index in [1.807, 2.05) is 55.8 Å². The molecule has 1 aromatic heterocycles. The van der Waals surface area contributed by atoms with Gasteiger partial charge in [-0.3, -0.25) is 0 Å². The standard InChI is InChI=1S/C24H36BrN3O3Si/c1-8-11-20(27-23(29)31-24(2,3)4)22-26-21(18-12-9-10-13-19(18)25)16-28(22)17-30-14-15-32(5,6)7/h8-10,12-13,16,20H,1,11,14-15,17H2,2-7H3,(H,27,29). The van der Waals surface area contributed by atoms with E-state index in [1.54, 1.807) is 6.08 Å². The third kappa shape index (κ3) is 8.56. The van der Waals surface area contributed by atoms with E-state index in [-0.39, 0.29) is 6.04 Å². The Hall–Kier alpha value is -1.90. The van der Waals surface area contributed by atoms with Crippen LogP contribution in [0.2, 0.25) is 25.7 Å². The lowest BCUT2D eigenvalue weighted by Crippen LogP contribution is -2.36. The number of carbonyl (C=O) groups is 1. The van der Waals surface area contributed by atoms with Gasteiger partial charge in [0.15, 0.2) is 0 Å². The van der Waals surface area contributed by atoms with E-state index in [4.69, 9.17) is 14.5 Å². The van der Waals surface area contributed by atoms with Crippen LogP contribution in [0.15, 0.2) is 47.6 Å². The molecule has 8 heteroatoms. The van der Waals surface area contributed by atoms with Gasteiger partial charge in [0.25, 0.3) is 0 Å². The Labute approximate surface area is 201 Å². The second kappa shape index (κ2) is 11.3. The number of carbonyl (C=O) groups excluding carboxylic acids is 1. The first-order chi connectivity index (χ1) is 14.9. The summed E-state index contributed by atoms with van der Waals surface area (Å²) in [6, 6.07) is 8.63. The number of hydrogen-bond acceptors (Lipinski definition) is 4. The van der Waals surface area contributed by atoms with Gasteiger partial charge in [-0.25, -0.2) is 9.78 Å². The molecule has 0 spiro atoms. The van der Waals surface area contributed by atoms with Crippen molar-refractivity contribution in [2.75, 3.05) is 6.61 Å². The SMILES string of the molecule is C=CCC(NC(=O)OC(C)(C)C)c1nc(-c2ccccc2Br)cn1COCC[Si](C)(C)C. The maximum absolute atomic E-state index is 12.5. The van der Waals surface area contributed by atoms with E-state index in [9.17, 15) is 4.79 Å². The van der Waals surface area contributed by atoms with Gasteiger partial charge < -0.3 is 19.4 Å². The molecule has 0 radical (unpaired) electrons. The van der Waals surface area contributed by atoms with Crippen molar-refractivity contribution in [3.05, 3.63) is 53.4 Å². The molecule has 1 unspecified atom stereocenters. The lowest BCUT2D eigenvalue weighted by atomic mass is 10.1. The number of amides is 1. The van der Waals surface area contributed by atoms with Gasteiger partial charge in [-0.05, 0) is 39.3 Å². The van der Waals surface area contributed by atoms with E-state index in [0.29, 0.717) is 25.6 Å². The third-order valence-corrected chi connectivity index (χ3v) is 6.98. The molecule has 0 saturated heterocycles. The quantitative estimate of drug-likeness (QED) is 0.213. The number of ether oxygens (including phenoxy) is 2. The maximum Gasteiger partial charge on any atom is 0.408 e. The van der Waals surface area contributed by atoms with Gasteiger partial charge in [0.2, 0.25) is 0 Å². The average Bonchev–Trinajstić information content (AvgIpc) is 3.07. The van der Waals surface area contributed by atoms with E-state index < -0.39 is 19.8 Å². The molecule has 0 aliphatic heterocycles. The predicted octanol–water partition coefficient (Wildman–Crippen LogP) is 6.77. The van der Waals surface area contributed by atoms with Crippen LogP contribution in [0.5, 0.6) is 0 Å². The van der Waals surface area contributed by atoms with Crippen LogP contribution >= 0.6 is 15.9 Å². The zero-order chi connectivity index (χ0) is 23.9. The molecule has 1 heterocycles. The van der Waals surface area contributed by atoms with Gasteiger partial charge in [-0.2, -0.15) is 0 Å². The Morgan fingerprint density at radius 3 is 2.59 bits per heavy atom. The molecule has 6 nitrogen and oxygen atoms in total. The molecule has 2 rings (SSSR count). The van der Waals surface area contributed by atoms with Crippen molar-refractivity contribution in [2.45, 2.75) is 71.3 Å². The molecule has 0 bridgehead atoms. The molecular formula is C24H36BrN3O3Si. The molecule has 1 aromatic carbocycles. The first-order valence-corrected chi connectivity index (χ1v) is 15.4. The fourth-order valence-electron chi connectivity index (χ4n) is 3.00. The van der Waals surface area contributed by atoms with E-state index in [2.05, 4.69) is 47.5 Å². The Bertz CT molecular complexity index is 916. The highest BCUT2D eigenvalue weighted by molar-refractivity contribution is 9.10. The summed E-state index contributed by atoms with van der Waals surface area (Å²) in [4.78, 5) is 17.4. The van der Waals surface area contributed by atoms with Crippen molar-refractivity contribution in [1.82, 2.24) is 14.9 Å². The first kappa shape index (κ1) is 26.4. The van der Waals surface area contributed by atoms with Crippen LogP contribution in [0.3, 0.4) is 0 Å². The third-order valence-electron chi connectivity index (χ3n) is 4.59. The van der Waals surface area contributed by atoms with Gasteiger partial charge in [0.05, 0.1) is 11.7 Å². The summed E-state index contributed by atoms with van der Waals surface area (Å²) in [5.41, 5.74) is 1.20. The summed E-state index contributed by atoms with van der Waals surface area (Å²) in [5.74, 6) is 0.703. The minimum Gasteiger partial charge on any atom is -0.444 e. The van der Waals surface area contributed by atoms with Crippen molar-refractivity contribution in [2.24, 2.45) is 0 Å². The molecule has 1 amide bonds. The highest BCUT2D eigenvalue weighted by atomic mass is 79.9. The molecule has 2 aromatic rings. The monoisotopic (exact) mass is 521 g/mol. The van der Waals surface area contributed by atoms with E-state index >= 15 is 0 Å². The van der Waals surface area contributed by atoms with Crippen LogP contribution in [0, 0.1) is 0 Å². The summed E-state index contributed by atoms with van der Waals surface area (Å²) in [7, 11) is -1.19. The van der Waals surface area contributed by atoms with E-state index in [0.717, 1.165) is 21.8 Å². The number of benzene rings is 1. The van der Waals surface area contributed by atoms with Crippen molar-refractivity contribution in [1.29, 1.82) is 0 Å². The van der Waals surface area contributed by atoms with Gasteiger partial charge in [-0.1, -0.05) is 59.8 Å². The number of aromatic nitrogens is 2. The fraction of sp³-hybridized carbons (Fsp3) is 0.500. The Kier molecular flexibility index (Phi) is 9.30. The number of hydrogen-bond donors (Lipinski definition) is 1. The zero-order valence-corrected chi connectivity index (χ0v) is 22.7. The van der Waals surface area contributed by atoms with Crippen LogP contribution in [0.4, 0.5) is 4.79 Å². The second-order valence-electron chi connectivity index (χ2n) is 10.0. The van der Waals surface area contributed by atoms with Gasteiger partial charge in [0, 0.05) is 30.9 Å². The van der Waals surface area contributed by atoms with Crippen LogP contribution in [-0.4, -0.2) is 35.9 Å². The van der Waals surface area contributed by atoms with Crippen LogP contribution in [0.1, 0.15) is 39.1 Å². The average molecular weight is 523 g/mol. The van der Waals surface area contributed by atoms with Crippen molar-refractivity contribution in [3.63, 3.8) is 0 Å². The lowest BCUT2D eigenvalue weighted by molar-refractivity contribution is 0.0492. The lowest BCUT2D eigenvalue weighted by Gasteiger charge is -2.23. The second-order valence-corrected chi connectivity index (χ2v) is 16.5. The Morgan fingerprint density at radius 1 is 1.31 bits per heavy atom. The molecule has 32 heavy (non-hydrogen) atoms. The van der Waals surface area contributed by atoms with Crippen molar-refractivity contribution < 1.29 is 14.3 Å². The number of imidazole rings is 1. The largest absolute Gasteiger partial charge is 0.444 e. The maximum atomic E-state index is 12.5. The molecule has 0 aliphatic carbocycles. The summed E-state index contributed by atoms with van der Waals surface area (Å²) >= 11 is 3.61. The summed E-state index contributed by atoms with van der Waals surface area (Å²) in [6.45, 7) is 17.4. The highest BCUT2D eigenvalue weighted by Gasteiger charge is 2.24. The van der Waals surface area contributed by atoms with Crippen molar-refractivity contribution in [3.8, 4) is 11.3 Å². The molecule has 176 valence electrons. The minimum absolute atomic E-state index is 0.362. The Morgan fingerprint density at radius 2 is 2.00 bits per heavy atom. The number of rotatable bonds is 10. The molecule has 1 atom stereocenters. The minimum atomic E-state index is -1.19. The van der Waals surface area contributed by atoms with Crippen LogP contribution in [-0.2, 0) is 16.2 Å². The first-order valence-electron chi connectivity index (χ1n) is 10.9. The fourth-order valence-corrected chi connectivity index (χ4v) is 4.24. The molecule has 0 fully saturated rings. The zero-order valence-electron chi connectivity index (χ0n) is 20.1. The van der Waals surface area contributed by atoms with Gasteiger partial charge in [-0.15, -0.1) is 6.58 Å². The summed E-state index contributed by atoms with van der Waals surface area (Å²) in [6.07, 6.45) is 3.77. The number of nitrogens with zero attached hydrogens (tertiary/aromatic N) is 2. The molecule has 1 N–H and O–H groups in total. The Balaban J connectivity index is 2.33. The highest BCUT2D eigenvalue weighted by Crippen LogP contribution is 2.29. The van der Waals surface area contributed by atoms with Crippen LogP contribution < -0.4 is 5.32 Å². The summed E-state index contributed by atoms with van der Waals surface area (Å²) < 4.78 is 14.4. The summed E-state index contributed by atoms with van der Waals surface area (Å²) in [5, 5.41) is 2.95. The van der Waals surface area contributed by atoms with Crippen molar-refractivity contribution >= 4 is 30.1 Å². The topological polar surface area (TPSA) is 65.4 Å².